The second kappa shape index (κ2) is 9.40. The fraction of sp³-hybridized carbons (Fsp3) is 0.136. The van der Waals surface area contributed by atoms with E-state index in [-0.39, 0.29) is 22.5 Å². The van der Waals surface area contributed by atoms with Crippen molar-refractivity contribution in [2.75, 3.05) is 12.3 Å². The third-order valence-corrected chi connectivity index (χ3v) is 6.38. The molecule has 1 N–H and O–H groups in total. The number of fused-ring (bicyclic) bond motifs is 1. The lowest BCUT2D eigenvalue weighted by atomic mass is 10.2. The minimum Gasteiger partial charge on any atom is -0.355 e. The first-order valence-electron chi connectivity index (χ1n) is 9.42. The Hall–Kier alpha value is -3.04. The molecule has 0 aliphatic heterocycles. The van der Waals surface area contributed by atoms with Crippen LogP contribution in [0.3, 0.4) is 0 Å². The highest BCUT2D eigenvalue weighted by molar-refractivity contribution is 7.99. The first-order valence-corrected chi connectivity index (χ1v) is 11.3. The number of aromatic nitrogens is 2. The molecule has 4 aromatic rings. The normalized spacial score (nSPS) is 11.0. The van der Waals surface area contributed by atoms with Gasteiger partial charge in [0.15, 0.2) is 5.16 Å². The number of thioether (sulfide) groups is 1. The molecule has 4 rings (SSSR count). The molecule has 0 fully saturated rings. The molecule has 5 nitrogen and oxygen atoms in total. The van der Waals surface area contributed by atoms with Gasteiger partial charge in [0.2, 0.25) is 5.91 Å². The average molecular weight is 458 g/mol. The summed E-state index contributed by atoms with van der Waals surface area (Å²) in [5.41, 5.74) is -0.172. The Morgan fingerprint density at radius 3 is 2.74 bits per heavy atom. The van der Waals surface area contributed by atoms with Crippen LogP contribution < -0.4 is 10.9 Å². The van der Waals surface area contributed by atoms with E-state index in [0.29, 0.717) is 23.5 Å². The van der Waals surface area contributed by atoms with Crippen LogP contribution >= 0.6 is 23.1 Å². The largest absolute Gasteiger partial charge is 0.355 e. The molecule has 31 heavy (non-hydrogen) atoms. The van der Waals surface area contributed by atoms with Crippen molar-refractivity contribution in [3.8, 4) is 5.69 Å². The minimum atomic E-state index is -0.888. The molecule has 0 saturated carbocycles. The summed E-state index contributed by atoms with van der Waals surface area (Å²) in [7, 11) is 0. The van der Waals surface area contributed by atoms with Gasteiger partial charge in [0.05, 0.1) is 22.3 Å². The lowest BCUT2D eigenvalue weighted by Crippen LogP contribution is -2.28. The van der Waals surface area contributed by atoms with Crippen LogP contribution in [-0.2, 0) is 11.2 Å². The van der Waals surface area contributed by atoms with E-state index in [1.807, 2.05) is 17.5 Å². The number of hydrogen-bond acceptors (Lipinski definition) is 5. The highest BCUT2D eigenvalue weighted by atomic mass is 32.2. The van der Waals surface area contributed by atoms with Crippen molar-refractivity contribution in [3.63, 3.8) is 0 Å². The zero-order valence-corrected chi connectivity index (χ0v) is 17.8. The maximum absolute atomic E-state index is 14.5. The van der Waals surface area contributed by atoms with Gasteiger partial charge in [-0.25, -0.2) is 13.8 Å². The standard InChI is InChI=1S/C22H17F2N3O2S2/c23-14-7-8-19(17(24)12-14)27-21(29)16-5-1-2-6-18(16)26-22(27)31-13-20(28)25-10-9-15-4-3-11-30-15/h1-8,11-12H,9-10,13H2,(H,25,28). The molecule has 0 spiro atoms. The zero-order valence-electron chi connectivity index (χ0n) is 16.2. The molecule has 0 bridgehead atoms. The van der Waals surface area contributed by atoms with Crippen LogP contribution in [-0.4, -0.2) is 27.8 Å². The van der Waals surface area contributed by atoms with Gasteiger partial charge < -0.3 is 5.32 Å². The lowest BCUT2D eigenvalue weighted by Gasteiger charge is -2.14. The van der Waals surface area contributed by atoms with Crippen molar-refractivity contribution in [1.29, 1.82) is 0 Å². The van der Waals surface area contributed by atoms with Gasteiger partial charge >= 0.3 is 0 Å². The zero-order chi connectivity index (χ0) is 21.8. The first kappa shape index (κ1) is 21.2. The van der Waals surface area contributed by atoms with E-state index in [1.54, 1.807) is 35.6 Å². The summed E-state index contributed by atoms with van der Waals surface area (Å²) in [5.74, 6) is -1.86. The molecule has 0 radical (unpaired) electrons. The third-order valence-electron chi connectivity index (χ3n) is 4.50. The highest BCUT2D eigenvalue weighted by Gasteiger charge is 2.17. The van der Waals surface area contributed by atoms with Gasteiger partial charge in [0.1, 0.15) is 11.6 Å². The molecule has 158 valence electrons. The van der Waals surface area contributed by atoms with Crippen LogP contribution in [0.15, 0.2) is 69.9 Å². The molecule has 0 atom stereocenters. The number of benzene rings is 2. The molecule has 0 aliphatic carbocycles. The molecule has 0 saturated heterocycles. The lowest BCUT2D eigenvalue weighted by molar-refractivity contribution is -0.118. The van der Waals surface area contributed by atoms with Crippen molar-refractivity contribution >= 4 is 39.9 Å². The number of hydrogen-bond donors (Lipinski definition) is 1. The van der Waals surface area contributed by atoms with Crippen molar-refractivity contribution in [3.05, 3.63) is 86.8 Å². The number of nitrogens with zero attached hydrogens (tertiary/aromatic N) is 2. The van der Waals surface area contributed by atoms with Crippen molar-refractivity contribution in [1.82, 2.24) is 14.9 Å². The van der Waals surface area contributed by atoms with Crippen molar-refractivity contribution in [2.24, 2.45) is 0 Å². The Balaban J connectivity index is 1.60. The number of carbonyl (C=O) groups excluding carboxylic acids is 1. The maximum atomic E-state index is 14.5. The molecule has 0 unspecified atom stereocenters. The minimum absolute atomic E-state index is 0.00195. The Morgan fingerprint density at radius 1 is 1.13 bits per heavy atom. The number of halogens is 2. The molecular formula is C22H17F2N3O2S2. The Kier molecular flexibility index (Phi) is 6.43. The van der Waals surface area contributed by atoms with E-state index in [0.717, 1.165) is 28.8 Å². The van der Waals surface area contributed by atoms with Crippen LogP contribution in [0, 0.1) is 11.6 Å². The van der Waals surface area contributed by atoms with E-state index in [1.165, 1.54) is 10.9 Å². The summed E-state index contributed by atoms with van der Waals surface area (Å²) in [6.45, 7) is 0.491. The fourth-order valence-electron chi connectivity index (χ4n) is 3.05. The number of carbonyl (C=O) groups is 1. The molecule has 0 aliphatic rings. The van der Waals surface area contributed by atoms with Crippen molar-refractivity contribution < 1.29 is 13.6 Å². The summed E-state index contributed by atoms with van der Waals surface area (Å²) in [5, 5.41) is 5.26. The van der Waals surface area contributed by atoms with E-state index >= 15 is 0 Å². The summed E-state index contributed by atoms with van der Waals surface area (Å²) >= 11 is 2.64. The summed E-state index contributed by atoms with van der Waals surface area (Å²) < 4.78 is 29.0. The topological polar surface area (TPSA) is 64.0 Å². The number of rotatable bonds is 7. The summed E-state index contributed by atoms with van der Waals surface area (Å²) in [6, 6.07) is 13.6. The maximum Gasteiger partial charge on any atom is 0.266 e. The number of para-hydroxylation sites is 1. The van der Waals surface area contributed by atoms with E-state index < -0.39 is 17.2 Å². The van der Waals surface area contributed by atoms with Gasteiger partial charge in [-0.15, -0.1) is 11.3 Å². The van der Waals surface area contributed by atoms with Gasteiger partial charge in [0.25, 0.3) is 5.56 Å². The Labute approximate surface area is 184 Å². The van der Waals surface area contributed by atoms with Gasteiger partial charge in [-0.3, -0.25) is 14.2 Å². The quantitative estimate of drug-likeness (QED) is 0.334. The van der Waals surface area contributed by atoms with Crippen LogP contribution in [0.4, 0.5) is 8.78 Å². The number of amides is 1. The van der Waals surface area contributed by atoms with Crippen LogP contribution in [0.5, 0.6) is 0 Å². The van der Waals surface area contributed by atoms with Crippen molar-refractivity contribution in [2.45, 2.75) is 11.6 Å². The Bertz CT molecular complexity index is 1290. The third kappa shape index (κ3) is 4.83. The second-order valence-corrected chi connectivity index (χ2v) is 8.59. The van der Waals surface area contributed by atoms with Crippen LogP contribution in [0.25, 0.3) is 16.6 Å². The number of thiophene rings is 1. The van der Waals surface area contributed by atoms with E-state index in [2.05, 4.69) is 10.3 Å². The van der Waals surface area contributed by atoms with Gasteiger partial charge in [-0.1, -0.05) is 30.0 Å². The second-order valence-electron chi connectivity index (χ2n) is 6.62. The molecular weight excluding hydrogens is 440 g/mol. The summed E-state index contributed by atoms with van der Waals surface area (Å²) in [6.07, 6.45) is 0.730. The van der Waals surface area contributed by atoms with E-state index in [9.17, 15) is 18.4 Å². The van der Waals surface area contributed by atoms with Gasteiger partial charge in [0, 0.05) is 17.5 Å². The molecule has 9 heteroatoms. The fourth-order valence-corrected chi connectivity index (χ4v) is 4.59. The average Bonchev–Trinajstić information content (AvgIpc) is 3.27. The highest BCUT2D eigenvalue weighted by Crippen LogP contribution is 2.23. The molecule has 2 aromatic heterocycles. The molecule has 2 aromatic carbocycles. The predicted molar refractivity (Wildman–Crippen MR) is 119 cm³/mol. The van der Waals surface area contributed by atoms with E-state index in [4.69, 9.17) is 0 Å². The molecule has 2 heterocycles. The summed E-state index contributed by atoms with van der Waals surface area (Å²) in [4.78, 5) is 31.0. The monoisotopic (exact) mass is 457 g/mol. The molecule has 1 amide bonds. The van der Waals surface area contributed by atoms with Crippen LogP contribution in [0.1, 0.15) is 4.88 Å². The number of nitrogens with one attached hydrogen (secondary N) is 1. The Morgan fingerprint density at radius 2 is 1.97 bits per heavy atom. The van der Waals surface area contributed by atoms with Gasteiger partial charge in [-0.05, 0) is 42.1 Å². The van der Waals surface area contributed by atoms with Crippen LogP contribution in [0.2, 0.25) is 0 Å². The SMILES string of the molecule is O=C(CSc1nc2ccccc2c(=O)n1-c1ccc(F)cc1F)NCCc1cccs1. The smallest absolute Gasteiger partial charge is 0.266 e. The first-order chi connectivity index (χ1) is 15.0. The van der Waals surface area contributed by atoms with Gasteiger partial charge in [-0.2, -0.15) is 0 Å². The predicted octanol–water partition coefficient (Wildman–Crippen LogP) is 4.18.